The number of fused-ring (bicyclic) bond motifs is 3. The van der Waals surface area contributed by atoms with Gasteiger partial charge in [-0.25, -0.2) is 0 Å². The van der Waals surface area contributed by atoms with Crippen LogP contribution in [0.2, 0.25) is 0 Å². The lowest BCUT2D eigenvalue weighted by Crippen LogP contribution is -2.09. The number of hydrogen-bond donors (Lipinski definition) is 0. The van der Waals surface area contributed by atoms with E-state index in [-0.39, 0.29) is 5.57 Å². The Labute approximate surface area is 183 Å². The van der Waals surface area contributed by atoms with Crippen LogP contribution in [0.25, 0.3) is 27.3 Å². The average Bonchev–Trinajstić information content (AvgIpc) is 3.36. The molecule has 5 heteroatoms. The monoisotopic (exact) mass is 417 g/mol. The quantitative estimate of drug-likeness (QED) is 0.283. The van der Waals surface area contributed by atoms with Gasteiger partial charge in [-0.3, -0.25) is 0 Å². The maximum atomic E-state index is 8.99. The predicted molar refractivity (Wildman–Crippen MR) is 125 cm³/mol. The molecule has 0 spiro atoms. The summed E-state index contributed by atoms with van der Waals surface area (Å²) in [6, 6.07) is 32.3. The van der Waals surface area contributed by atoms with Gasteiger partial charge in [0.2, 0.25) is 0 Å². The number of rotatable bonds is 4. The van der Waals surface area contributed by atoms with Crippen LogP contribution in [0.15, 0.2) is 94.9 Å². The number of nitrogens with zero attached hydrogens (tertiary/aromatic N) is 3. The van der Waals surface area contributed by atoms with Crippen molar-refractivity contribution in [3.05, 3.63) is 95.4 Å². The Bertz CT molecular complexity index is 1440. The summed E-state index contributed by atoms with van der Waals surface area (Å²) in [6.07, 6.45) is 1.59. The third-order valence-electron chi connectivity index (χ3n) is 4.96. The van der Waals surface area contributed by atoms with E-state index < -0.39 is 0 Å². The van der Waals surface area contributed by atoms with Gasteiger partial charge in [-0.2, -0.15) is 10.5 Å². The Morgan fingerprint density at radius 1 is 0.774 bits per heavy atom. The van der Waals surface area contributed by atoms with Crippen LogP contribution in [-0.4, -0.2) is 0 Å². The molecule has 146 valence electrons. The SMILES string of the molecule is N#CC(C#N)=Cc1cc2oc3cc(N(c4ccccc4)c4ccccc4)ccc3c2s1. The zero-order valence-electron chi connectivity index (χ0n) is 16.3. The van der Waals surface area contributed by atoms with Gasteiger partial charge < -0.3 is 9.32 Å². The van der Waals surface area contributed by atoms with Gasteiger partial charge in [0.15, 0.2) is 0 Å². The molecule has 2 heterocycles. The number of nitriles is 2. The lowest BCUT2D eigenvalue weighted by molar-refractivity contribution is 0.670. The highest BCUT2D eigenvalue weighted by Crippen LogP contribution is 2.40. The predicted octanol–water partition coefficient (Wildman–Crippen LogP) is 7.55. The van der Waals surface area contributed by atoms with Crippen molar-refractivity contribution in [1.82, 2.24) is 0 Å². The summed E-state index contributed by atoms with van der Waals surface area (Å²) < 4.78 is 7.14. The highest BCUT2D eigenvalue weighted by molar-refractivity contribution is 7.20. The van der Waals surface area contributed by atoms with Crippen molar-refractivity contribution in [3.8, 4) is 12.1 Å². The van der Waals surface area contributed by atoms with E-state index in [9.17, 15) is 0 Å². The van der Waals surface area contributed by atoms with Crippen LogP contribution in [-0.2, 0) is 0 Å². The molecule has 0 aliphatic carbocycles. The van der Waals surface area contributed by atoms with E-state index in [0.717, 1.165) is 43.2 Å². The largest absolute Gasteiger partial charge is 0.455 e. The molecule has 3 aromatic carbocycles. The first kappa shape index (κ1) is 18.7. The summed E-state index contributed by atoms with van der Waals surface area (Å²) >= 11 is 1.51. The molecule has 2 aromatic heterocycles. The van der Waals surface area contributed by atoms with Gasteiger partial charge >= 0.3 is 0 Å². The Balaban J connectivity index is 1.62. The van der Waals surface area contributed by atoms with Crippen LogP contribution < -0.4 is 4.90 Å². The smallest absolute Gasteiger partial charge is 0.146 e. The molecule has 5 rings (SSSR count). The van der Waals surface area contributed by atoms with Crippen molar-refractivity contribution < 1.29 is 4.42 Å². The average molecular weight is 417 g/mol. The van der Waals surface area contributed by atoms with Crippen LogP contribution >= 0.6 is 11.3 Å². The summed E-state index contributed by atoms with van der Waals surface area (Å²) in [5.41, 5.74) is 4.76. The normalized spacial score (nSPS) is 10.5. The summed E-state index contributed by atoms with van der Waals surface area (Å²) in [4.78, 5) is 3.02. The number of furan rings is 1. The van der Waals surface area contributed by atoms with Crippen molar-refractivity contribution in [1.29, 1.82) is 10.5 Å². The third-order valence-corrected chi connectivity index (χ3v) is 6.06. The fraction of sp³-hybridized carbons (Fsp3) is 0. The Kier molecular flexibility index (Phi) is 4.72. The molecule has 0 saturated heterocycles. The highest BCUT2D eigenvalue weighted by atomic mass is 32.1. The molecule has 0 unspecified atom stereocenters. The molecular weight excluding hydrogens is 402 g/mol. The van der Waals surface area contributed by atoms with E-state index in [4.69, 9.17) is 14.9 Å². The molecule has 5 aromatic rings. The van der Waals surface area contributed by atoms with Crippen LogP contribution in [0, 0.1) is 22.7 Å². The standard InChI is InChI=1S/C26H15N3OS/c27-16-18(17-28)13-22-15-25-26(31-22)23-12-11-21(14-24(23)30-25)29(19-7-3-1-4-8-19)20-9-5-2-6-10-20/h1-15H. The van der Waals surface area contributed by atoms with Gasteiger partial charge in [0, 0.05) is 33.4 Å². The van der Waals surface area contributed by atoms with Crippen LogP contribution in [0.4, 0.5) is 17.1 Å². The maximum Gasteiger partial charge on any atom is 0.146 e. The van der Waals surface area contributed by atoms with E-state index in [1.807, 2.05) is 60.7 Å². The number of benzene rings is 3. The van der Waals surface area contributed by atoms with E-state index in [0.29, 0.717) is 0 Å². The molecule has 0 radical (unpaired) electrons. The summed E-state index contributed by atoms with van der Waals surface area (Å²) in [6.45, 7) is 0. The molecule has 0 amide bonds. The van der Waals surface area contributed by atoms with E-state index in [2.05, 4.69) is 41.3 Å². The fourth-order valence-electron chi connectivity index (χ4n) is 3.60. The lowest BCUT2D eigenvalue weighted by atomic mass is 10.1. The first-order valence-corrected chi connectivity index (χ1v) is 10.5. The van der Waals surface area contributed by atoms with Crippen molar-refractivity contribution in [2.45, 2.75) is 0 Å². The van der Waals surface area contributed by atoms with Crippen molar-refractivity contribution in [2.24, 2.45) is 0 Å². The van der Waals surface area contributed by atoms with Crippen molar-refractivity contribution in [3.63, 3.8) is 0 Å². The minimum atomic E-state index is 0.0804. The second kappa shape index (κ2) is 7.84. The third kappa shape index (κ3) is 3.44. The minimum absolute atomic E-state index is 0.0804. The first-order valence-electron chi connectivity index (χ1n) is 9.65. The minimum Gasteiger partial charge on any atom is -0.455 e. The van der Waals surface area contributed by atoms with Gasteiger partial charge in [0.25, 0.3) is 0 Å². The molecule has 0 fully saturated rings. The van der Waals surface area contributed by atoms with Crippen LogP contribution in [0.3, 0.4) is 0 Å². The molecule has 0 atom stereocenters. The van der Waals surface area contributed by atoms with Gasteiger partial charge in [0.1, 0.15) is 28.9 Å². The van der Waals surface area contributed by atoms with Crippen molar-refractivity contribution in [2.75, 3.05) is 4.90 Å². The van der Waals surface area contributed by atoms with E-state index in [1.54, 1.807) is 6.08 Å². The zero-order valence-corrected chi connectivity index (χ0v) is 17.1. The summed E-state index contributed by atoms with van der Waals surface area (Å²) in [7, 11) is 0. The second-order valence-electron chi connectivity index (χ2n) is 6.91. The second-order valence-corrected chi connectivity index (χ2v) is 8.00. The fourth-order valence-corrected chi connectivity index (χ4v) is 4.66. The topological polar surface area (TPSA) is 64.0 Å². The first-order chi connectivity index (χ1) is 15.3. The molecule has 0 bridgehead atoms. The number of thiophene rings is 1. The van der Waals surface area contributed by atoms with Crippen LogP contribution in [0.5, 0.6) is 0 Å². The number of anilines is 3. The summed E-state index contributed by atoms with van der Waals surface area (Å²) in [5, 5.41) is 19.0. The zero-order chi connectivity index (χ0) is 21.2. The lowest BCUT2D eigenvalue weighted by Gasteiger charge is -2.25. The molecule has 4 nitrogen and oxygen atoms in total. The molecule has 0 aliphatic heterocycles. The Morgan fingerprint density at radius 2 is 1.42 bits per heavy atom. The highest BCUT2D eigenvalue weighted by Gasteiger charge is 2.16. The molecular formula is C26H15N3OS. The molecule has 0 aliphatic rings. The summed E-state index contributed by atoms with van der Waals surface area (Å²) in [5.74, 6) is 0. The van der Waals surface area contributed by atoms with E-state index in [1.165, 1.54) is 11.3 Å². The number of allylic oxidation sites excluding steroid dienone is 1. The van der Waals surface area contributed by atoms with Gasteiger partial charge in [-0.1, -0.05) is 36.4 Å². The van der Waals surface area contributed by atoms with Crippen molar-refractivity contribution >= 4 is 55.7 Å². The molecule has 0 N–H and O–H groups in total. The van der Waals surface area contributed by atoms with Gasteiger partial charge in [-0.15, -0.1) is 11.3 Å². The van der Waals surface area contributed by atoms with Crippen LogP contribution in [0.1, 0.15) is 4.88 Å². The molecule has 0 saturated carbocycles. The number of para-hydroxylation sites is 2. The maximum absolute atomic E-state index is 8.99. The molecule has 31 heavy (non-hydrogen) atoms. The Morgan fingerprint density at radius 3 is 2.03 bits per heavy atom. The van der Waals surface area contributed by atoms with Gasteiger partial charge in [0.05, 0.1) is 4.70 Å². The Hall–Kier alpha value is -4.32. The number of hydrogen-bond acceptors (Lipinski definition) is 5. The van der Waals surface area contributed by atoms with E-state index >= 15 is 0 Å². The van der Waals surface area contributed by atoms with Gasteiger partial charge in [-0.05, 0) is 48.5 Å².